The minimum atomic E-state index is -0.500. The summed E-state index contributed by atoms with van der Waals surface area (Å²) in [5.41, 5.74) is 0. The molecule has 76 valence electrons. The second kappa shape index (κ2) is 13.9. The van der Waals surface area contributed by atoms with Gasteiger partial charge in [0.1, 0.15) is 5.88 Å². The van der Waals surface area contributed by atoms with E-state index in [1.807, 2.05) is 18.2 Å². The molecule has 1 rings (SSSR count). The average molecular weight is 216 g/mol. The molecule has 0 aliphatic rings. The molecule has 0 atom stereocenters. The van der Waals surface area contributed by atoms with E-state index in [0.717, 1.165) is 7.05 Å². The largest absolute Gasteiger partial charge is 0.265 e. The van der Waals surface area contributed by atoms with E-state index in [4.69, 9.17) is 27.0 Å². The van der Waals surface area contributed by atoms with Gasteiger partial charge in [-0.2, -0.15) is 5.26 Å². The highest BCUT2D eigenvalue weighted by atomic mass is 35.5. The number of aromatic nitrogens is 1. The molecule has 6 heteroatoms. The molecule has 14 heavy (non-hydrogen) atoms. The van der Waals surface area contributed by atoms with E-state index in [1.165, 1.54) is 0 Å². The zero-order chi connectivity index (χ0) is 11.2. The number of nitriles is 1. The summed E-state index contributed by atoms with van der Waals surface area (Å²) in [6, 6.07) is 7.41. The van der Waals surface area contributed by atoms with Crippen LogP contribution in [0.3, 0.4) is 0 Å². The number of nitro groups is 1. The molecule has 0 aliphatic carbocycles. The Kier molecular flexibility index (Phi) is 14.7. The van der Waals surface area contributed by atoms with Crippen LogP contribution in [0.1, 0.15) is 0 Å². The van der Waals surface area contributed by atoms with Crippen molar-refractivity contribution in [3.63, 3.8) is 0 Å². The fourth-order valence-electron chi connectivity index (χ4n) is 0.313. The van der Waals surface area contributed by atoms with E-state index in [-0.39, 0.29) is 5.88 Å². The van der Waals surface area contributed by atoms with Crippen LogP contribution >= 0.6 is 11.6 Å². The minimum absolute atomic E-state index is 0.0972. The van der Waals surface area contributed by atoms with Gasteiger partial charge in [-0.3, -0.25) is 15.1 Å². The first kappa shape index (κ1) is 14.8. The fraction of sp³-hybridized carbons (Fsp3) is 0.250. The monoisotopic (exact) mass is 215 g/mol. The van der Waals surface area contributed by atoms with Crippen LogP contribution in [0.25, 0.3) is 0 Å². The lowest BCUT2D eigenvalue weighted by molar-refractivity contribution is -0.445. The lowest BCUT2D eigenvalue weighted by atomic mass is 10.5. The van der Waals surface area contributed by atoms with Crippen molar-refractivity contribution in [1.82, 2.24) is 4.98 Å². The number of hydrogen-bond acceptors (Lipinski definition) is 4. The van der Waals surface area contributed by atoms with Crippen LogP contribution in [-0.4, -0.2) is 22.8 Å². The van der Waals surface area contributed by atoms with Crippen molar-refractivity contribution in [1.29, 1.82) is 5.26 Å². The highest BCUT2D eigenvalue weighted by Crippen LogP contribution is 1.73. The van der Waals surface area contributed by atoms with Crippen LogP contribution in [-0.2, 0) is 0 Å². The van der Waals surface area contributed by atoms with Crippen molar-refractivity contribution in [3.8, 4) is 6.07 Å². The minimum Gasteiger partial charge on any atom is -0.265 e. The molecule has 0 spiro atoms. The molecule has 1 heterocycles. The van der Waals surface area contributed by atoms with E-state index >= 15 is 0 Å². The van der Waals surface area contributed by atoms with Crippen LogP contribution < -0.4 is 0 Å². The number of pyridine rings is 1. The third-order valence-corrected chi connectivity index (χ3v) is 0.746. The number of rotatable bonds is 0. The first-order chi connectivity index (χ1) is 6.65. The second-order valence-corrected chi connectivity index (χ2v) is 2.02. The van der Waals surface area contributed by atoms with Crippen molar-refractivity contribution in [2.24, 2.45) is 0 Å². The second-order valence-electron chi connectivity index (χ2n) is 1.76. The molecule has 0 bridgehead atoms. The summed E-state index contributed by atoms with van der Waals surface area (Å²) in [5.74, 6) is 0.0972. The Morgan fingerprint density at radius 2 is 1.86 bits per heavy atom. The first-order valence-corrected chi connectivity index (χ1v) is 4.04. The Morgan fingerprint density at radius 3 is 1.93 bits per heavy atom. The Hall–Kier alpha value is -1.67. The highest BCUT2D eigenvalue weighted by Gasteiger charge is 1.58. The third kappa shape index (κ3) is 31.7. The van der Waals surface area contributed by atoms with Crippen LogP contribution in [0, 0.1) is 21.4 Å². The number of hydrogen-bond donors (Lipinski definition) is 0. The standard InChI is InChI=1S/C5H5N.C2H2ClN.CH3NO2/c1-2-4-6-5-3-1;3-1-2-4;1-2(3)4/h1-5H;1H2;1H3. The van der Waals surface area contributed by atoms with Gasteiger partial charge in [-0.25, -0.2) is 0 Å². The van der Waals surface area contributed by atoms with Crippen LogP contribution in [0.15, 0.2) is 30.6 Å². The normalized spacial score (nSPS) is 6.64. The number of nitrogens with zero attached hydrogens (tertiary/aromatic N) is 3. The summed E-state index contributed by atoms with van der Waals surface area (Å²) in [6.07, 6.45) is 3.50. The Labute approximate surface area is 87.1 Å². The predicted octanol–water partition coefficient (Wildman–Crippen LogP) is 1.72. The maximum absolute atomic E-state index is 8.81. The third-order valence-electron chi connectivity index (χ3n) is 0.626. The van der Waals surface area contributed by atoms with Crippen molar-refractivity contribution in [3.05, 3.63) is 40.7 Å². The van der Waals surface area contributed by atoms with Crippen LogP contribution in [0.2, 0.25) is 0 Å². The topological polar surface area (TPSA) is 79.8 Å². The van der Waals surface area contributed by atoms with E-state index < -0.39 is 4.92 Å². The predicted molar refractivity (Wildman–Crippen MR) is 53.5 cm³/mol. The van der Waals surface area contributed by atoms with Gasteiger partial charge in [0, 0.05) is 17.3 Å². The van der Waals surface area contributed by atoms with Gasteiger partial charge in [-0.05, 0) is 12.1 Å². The van der Waals surface area contributed by atoms with E-state index in [1.54, 1.807) is 18.5 Å². The van der Waals surface area contributed by atoms with Gasteiger partial charge < -0.3 is 0 Å². The molecular weight excluding hydrogens is 206 g/mol. The van der Waals surface area contributed by atoms with Crippen LogP contribution in [0.5, 0.6) is 0 Å². The zero-order valence-corrected chi connectivity index (χ0v) is 8.39. The molecule has 0 saturated carbocycles. The van der Waals surface area contributed by atoms with Gasteiger partial charge >= 0.3 is 0 Å². The quantitative estimate of drug-likeness (QED) is 0.375. The van der Waals surface area contributed by atoms with Gasteiger partial charge in [0.05, 0.1) is 6.07 Å². The Balaban J connectivity index is 0. The van der Waals surface area contributed by atoms with Crippen molar-refractivity contribution < 1.29 is 4.92 Å². The lowest BCUT2D eigenvalue weighted by Gasteiger charge is -1.70. The summed E-state index contributed by atoms with van der Waals surface area (Å²) < 4.78 is 0. The molecule has 0 amide bonds. The summed E-state index contributed by atoms with van der Waals surface area (Å²) in [6.45, 7) is 0. The SMILES string of the molecule is C[N+](=O)[O-].N#CCCl.c1ccncc1. The summed E-state index contributed by atoms with van der Waals surface area (Å²) >= 11 is 4.82. The van der Waals surface area contributed by atoms with Crippen molar-refractivity contribution >= 4 is 11.6 Å². The molecule has 0 fully saturated rings. The molecule has 0 N–H and O–H groups in total. The molecule has 0 aliphatic heterocycles. The Bertz CT molecular complexity index is 230. The number of halogens is 1. The maximum atomic E-state index is 8.81. The maximum Gasteiger partial charge on any atom is 0.194 e. The van der Waals surface area contributed by atoms with Gasteiger partial charge in [-0.1, -0.05) is 6.07 Å². The lowest BCUT2D eigenvalue weighted by Crippen LogP contribution is -1.79. The molecule has 0 aromatic carbocycles. The molecule has 1 aromatic heterocycles. The fourth-order valence-corrected chi connectivity index (χ4v) is 0.313. The zero-order valence-electron chi connectivity index (χ0n) is 7.63. The molecule has 0 radical (unpaired) electrons. The van der Waals surface area contributed by atoms with Gasteiger partial charge in [0.15, 0.2) is 7.05 Å². The van der Waals surface area contributed by atoms with Gasteiger partial charge in [-0.15, -0.1) is 11.6 Å². The molecular formula is C8H10ClN3O2. The summed E-state index contributed by atoms with van der Waals surface area (Å²) in [5, 5.41) is 16.3. The molecule has 0 unspecified atom stereocenters. The average Bonchev–Trinajstić information content (AvgIpc) is 2.20. The summed E-state index contributed by atoms with van der Waals surface area (Å²) in [4.78, 5) is 12.1. The van der Waals surface area contributed by atoms with E-state index in [2.05, 4.69) is 4.98 Å². The van der Waals surface area contributed by atoms with Gasteiger partial charge in [0.2, 0.25) is 0 Å². The molecule has 1 aromatic rings. The van der Waals surface area contributed by atoms with E-state index in [9.17, 15) is 0 Å². The van der Waals surface area contributed by atoms with Crippen LogP contribution in [0.4, 0.5) is 0 Å². The van der Waals surface area contributed by atoms with Crippen molar-refractivity contribution in [2.75, 3.05) is 12.9 Å². The Morgan fingerprint density at radius 1 is 1.50 bits per heavy atom. The molecule has 0 saturated heterocycles. The first-order valence-electron chi connectivity index (χ1n) is 3.51. The molecule has 5 nitrogen and oxygen atoms in total. The highest BCUT2D eigenvalue weighted by molar-refractivity contribution is 6.19. The number of alkyl halides is 1. The van der Waals surface area contributed by atoms with Crippen molar-refractivity contribution in [2.45, 2.75) is 0 Å². The van der Waals surface area contributed by atoms with Gasteiger partial charge in [0.25, 0.3) is 0 Å². The summed E-state index contributed by atoms with van der Waals surface area (Å²) in [7, 11) is 0.889. The van der Waals surface area contributed by atoms with E-state index in [0.29, 0.717) is 0 Å². The smallest absolute Gasteiger partial charge is 0.194 e.